The number of nitrogens with one attached hydrogen (secondary N) is 1. The van der Waals surface area contributed by atoms with Crippen LogP contribution in [0.25, 0.3) is 0 Å². The SMILES string of the molecule is CCCN1CCC(NC/C=C/CCl)CC1. The molecule has 1 heterocycles. The van der Waals surface area contributed by atoms with E-state index in [4.69, 9.17) is 11.6 Å². The molecule has 1 saturated heterocycles. The van der Waals surface area contributed by atoms with E-state index in [-0.39, 0.29) is 0 Å². The van der Waals surface area contributed by atoms with Crippen molar-refractivity contribution in [1.29, 1.82) is 0 Å². The smallest absolute Gasteiger partial charge is 0.0404 e. The Morgan fingerprint density at radius 1 is 1.33 bits per heavy atom. The van der Waals surface area contributed by atoms with Gasteiger partial charge in [-0.3, -0.25) is 0 Å². The predicted octanol–water partition coefficient (Wildman–Crippen LogP) is 2.25. The van der Waals surface area contributed by atoms with Gasteiger partial charge in [-0.15, -0.1) is 11.6 Å². The Labute approximate surface area is 98.7 Å². The van der Waals surface area contributed by atoms with E-state index >= 15 is 0 Å². The van der Waals surface area contributed by atoms with Crippen molar-refractivity contribution in [3.63, 3.8) is 0 Å². The van der Waals surface area contributed by atoms with Gasteiger partial charge in [0.05, 0.1) is 0 Å². The minimum absolute atomic E-state index is 0.622. The Kier molecular flexibility index (Phi) is 7.07. The molecule has 0 atom stereocenters. The summed E-state index contributed by atoms with van der Waals surface area (Å²) in [4.78, 5) is 2.56. The molecule has 1 rings (SSSR count). The average Bonchev–Trinajstić information content (AvgIpc) is 2.27. The van der Waals surface area contributed by atoms with Gasteiger partial charge in [-0.25, -0.2) is 0 Å². The zero-order chi connectivity index (χ0) is 10.9. The second kappa shape index (κ2) is 8.14. The number of nitrogens with zero attached hydrogens (tertiary/aromatic N) is 1. The maximum Gasteiger partial charge on any atom is 0.0404 e. The predicted molar refractivity (Wildman–Crippen MR) is 67.6 cm³/mol. The lowest BCUT2D eigenvalue weighted by atomic mass is 10.0. The van der Waals surface area contributed by atoms with Gasteiger partial charge in [0, 0.05) is 18.5 Å². The number of alkyl halides is 1. The van der Waals surface area contributed by atoms with Crippen molar-refractivity contribution in [3.05, 3.63) is 12.2 Å². The van der Waals surface area contributed by atoms with Crippen LogP contribution in [0.4, 0.5) is 0 Å². The second-order valence-corrected chi connectivity index (χ2v) is 4.46. The van der Waals surface area contributed by atoms with E-state index in [0.717, 1.165) is 6.54 Å². The molecule has 0 saturated carbocycles. The van der Waals surface area contributed by atoms with Crippen molar-refractivity contribution in [3.8, 4) is 0 Å². The van der Waals surface area contributed by atoms with E-state index in [2.05, 4.69) is 23.2 Å². The molecule has 0 bridgehead atoms. The van der Waals surface area contributed by atoms with Crippen LogP contribution >= 0.6 is 11.6 Å². The summed E-state index contributed by atoms with van der Waals surface area (Å²) in [7, 11) is 0. The molecular formula is C12H23ClN2. The van der Waals surface area contributed by atoms with Crippen LogP contribution in [-0.4, -0.2) is 43.0 Å². The first-order valence-electron chi connectivity index (χ1n) is 6.03. The van der Waals surface area contributed by atoms with Gasteiger partial charge in [-0.1, -0.05) is 19.1 Å². The van der Waals surface area contributed by atoms with Gasteiger partial charge in [0.1, 0.15) is 0 Å². The van der Waals surface area contributed by atoms with Crippen molar-refractivity contribution < 1.29 is 0 Å². The van der Waals surface area contributed by atoms with Crippen LogP contribution in [0.3, 0.4) is 0 Å². The van der Waals surface area contributed by atoms with Gasteiger partial charge in [-0.2, -0.15) is 0 Å². The maximum absolute atomic E-state index is 5.56. The van der Waals surface area contributed by atoms with E-state index in [1.165, 1.54) is 38.9 Å². The summed E-state index contributed by atoms with van der Waals surface area (Å²) in [5, 5.41) is 3.55. The van der Waals surface area contributed by atoms with Crippen LogP contribution in [0.2, 0.25) is 0 Å². The van der Waals surface area contributed by atoms with Crippen LogP contribution in [0.1, 0.15) is 26.2 Å². The quantitative estimate of drug-likeness (QED) is 0.556. The fourth-order valence-corrected chi connectivity index (χ4v) is 2.18. The highest BCUT2D eigenvalue weighted by Crippen LogP contribution is 2.10. The third kappa shape index (κ3) is 5.55. The minimum atomic E-state index is 0.622. The molecule has 88 valence electrons. The van der Waals surface area contributed by atoms with E-state index < -0.39 is 0 Å². The van der Waals surface area contributed by atoms with Gasteiger partial charge in [-0.05, 0) is 38.9 Å². The molecule has 2 nitrogen and oxygen atoms in total. The zero-order valence-corrected chi connectivity index (χ0v) is 10.5. The van der Waals surface area contributed by atoms with E-state index in [9.17, 15) is 0 Å². The second-order valence-electron chi connectivity index (χ2n) is 4.15. The van der Waals surface area contributed by atoms with Crippen molar-refractivity contribution in [2.24, 2.45) is 0 Å². The summed E-state index contributed by atoms with van der Waals surface area (Å²) >= 11 is 5.56. The monoisotopic (exact) mass is 230 g/mol. The number of halogens is 1. The number of likely N-dealkylation sites (tertiary alicyclic amines) is 1. The van der Waals surface area contributed by atoms with Gasteiger partial charge >= 0.3 is 0 Å². The Morgan fingerprint density at radius 2 is 2.07 bits per heavy atom. The molecule has 3 heteroatoms. The van der Waals surface area contributed by atoms with Gasteiger partial charge < -0.3 is 10.2 Å². The van der Waals surface area contributed by atoms with E-state index in [1.54, 1.807) is 0 Å². The zero-order valence-electron chi connectivity index (χ0n) is 9.71. The molecule has 0 aromatic carbocycles. The third-order valence-electron chi connectivity index (χ3n) is 2.91. The summed E-state index contributed by atoms with van der Waals surface area (Å²) in [5.41, 5.74) is 0. The molecule has 0 spiro atoms. The standard InChI is InChI=1S/C12H23ClN2/c1-2-9-15-10-5-12(6-11-15)14-8-4-3-7-13/h3-4,12,14H,2,5-11H2,1H3/b4-3+. The maximum atomic E-state index is 5.56. The number of hydrogen-bond donors (Lipinski definition) is 1. The first-order chi connectivity index (χ1) is 7.36. The summed E-state index contributed by atoms with van der Waals surface area (Å²) in [6, 6.07) is 0.707. The average molecular weight is 231 g/mol. The molecule has 0 aliphatic carbocycles. The largest absolute Gasteiger partial charge is 0.310 e. The molecule has 1 aliphatic heterocycles. The summed E-state index contributed by atoms with van der Waals surface area (Å²) in [6.07, 6.45) is 7.96. The Morgan fingerprint density at radius 3 is 2.67 bits per heavy atom. The highest BCUT2D eigenvalue weighted by molar-refractivity contribution is 6.18. The van der Waals surface area contributed by atoms with Crippen molar-refractivity contribution in [2.45, 2.75) is 32.2 Å². The molecular weight excluding hydrogens is 208 g/mol. The van der Waals surface area contributed by atoms with Crippen molar-refractivity contribution in [2.75, 3.05) is 32.1 Å². The molecule has 1 fully saturated rings. The van der Waals surface area contributed by atoms with Crippen LogP contribution in [-0.2, 0) is 0 Å². The molecule has 0 amide bonds. The molecule has 0 unspecified atom stereocenters. The van der Waals surface area contributed by atoms with Crippen LogP contribution < -0.4 is 5.32 Å². The Bertz CT molecular complexity index is 174. The molecule has 1 N–H and O–H groups in total. The Balaban J connectivity index is 2.06. The van der Waals surface area contributed by atoms with Crippen LogP contribution in [0, 0.1) is 0 Å². The topological polar surface area (TPSA) is 15.3 Å². The molecule has 15 heavy (non-hydrogen) atoms. The first kappa shape index (κ1) is 13.0. The van der Waals surface area contributed by atoms with Crippen LogP contribution in [0.5, 0.6) is 0 Å². The molecule has 0 aromatic rings. The first-order valence-corrected chi connectivity index (χ1v) is 6.57. The van der Waals surface area contributed by atoms with Crippen LogP contribution in [0.15, 0.2) is 12.2 Å². The molecule has 1 aliphatic rings. The fraction of sp³-hybridized carbons (Fsp3) is 0.833. The number of allylic oxidation sites excluding steroid dienone is 1. The fourth-order valence-electron chi connectivity index (χ4n) is 2.06. The minimum Gasteiger partial charge on any atom is -0.310 e. The summed E-state index contributed by atoms with van der Waals surface area (Å²) < 4.78 is 0. The van der Waals surface area contributed by atoms with Gasteiger partial charge in [0.25, 0.3) is 0 Å². The highest BCUT2D eigenvalue weighted by atomic mass is 35.5. The summed E-state index contributed by atoms with van der Waals surface area (Å²) in [6.45, 7) is 6.99. The van der Waals surface area contributed by atoms with Crippen molar-refractivity contribution >= 4 is 11.6 Å². The van der Waals surface area contributed by atoms with E-state index in [0.29, 0.717) is 11.9 Å². The Hall–Kier alpha value is -0.0500. The number of hydrogen-bond acceptors (Lipinski definition) is 2. The lowest BCUT2D eigenvalue weighted by Gasteiger charge is -2.31. The molecule has 0 aromatic heterocycles. The normalized spacial score (nSPS) is 20.1. The lowest BCUT2D eigenvalue weighted by molar-refractivity contribution is 0.200. The van der Waals surface area contributed by atoms with Crippen molar-refractivity contribution in [1.82, 2.24) is 10.2 Å². The van der Waals surface area contributed by atoms with Gasteiger partial charge in [0.2, 0.25) is 0 Å². The number of piperidine rings is 1. The summed E-state index contributed by atoms with van der Waals surface area (Å²) in [5.74, 6) is 0.622. The third-order valence-corrected chi connectivity index (χ3v) is 3.09. The number of rotatable bonds is 6. The molecule has 0 radical (unpaired) electrons. The highest BCUT2D eigenvalue weighted by Gasteiger charge is 2.16. The van der Waals surface area contributed by atoms with Gasteiger partial charge in [0.15, 0.2) is 0 Å². The van der Waals surface area contributed by atoms with E-state index in [1.807, 2.05) is 6.08 Å². The lowest BCUT2D eigenvalue weighted by Crippen LogP contribution is -2.42.